The Morgan fingerprint density at radius 3 is 2.63 bits per heavy atom. The highest BCUT2D eigenvalue weighted by Crippen LogP contribution is 2.18. The Kier molecular flexibility index (Phi) is 4.82. The minimum atomic E-state index is -0.743. The van der Waals surface area contributed by atoms with E-state index in [0.29, 0.717) is 32.5 Å². The van der Waals surface area contributed by atoms with Crippen molar-refractivity contribution in [3.8, 4) is 0 Å². The molecule has 5 nitrogen and oxygen atoms in total. The summed E-state index contributed by atoms with van der Waals surface area (Å²) in [5.41, 5.74) is 1.32. The first-order valence-electron chi connectivity index (χ1n) is 7.10. The molecule has 0 bridgehead atoms. The average molecular weight is 266 g/mol. The maximum absolute atomic E-state index is 12.0. The molecule has 0 unspecified atom stereocenters. The molecule has 0 saturated carbocycles. The van der Waals surface area contributed by atoms with Crippen molar-refractivity contribution in [3.05, 3.63) is 11.6 Å². The van der Waals surface area contributed by atoms with Gasteiger partial charge >= 0.3 is 12.0 Å². The molecule has 19 heavy (non-hydrogen) atoms. The van der Waals surface area contributed by atoms with Crippen LogP contribution in [0.3, 0.4) is 0 Å². The van der Waals surface area contributed by atoms with Crippen LogP contribution in [-0.2, 0) is 4.79 Å². The quantitative estimate of drug-likeness (QED) is 0.767. The molecule has 0 aromatic carbocycles. The van der Waals surface area contributed by atoms with Crippen LogP contribution in [0.2, 0.25) is 0 Å². The molecule has 1 aliphatic heterocycles. The summed E-state index contributed by atoms with van der Waals surface area (Å²) in [6, 6.07) is -0.0599. The molecular formula is C14H22N2O3. The number of likely N-dealkylation sites (tertiary alicyclic amines) is 1. The number of piperidine rings is 1. The number of rotatable bonds is 3. The van der Waals surface area contributed by atoms with E-state index in [2.05, 4.69) is 11.4 Å². The molecule has 2 N–H and O–H groups in total. The summed E-state index contributed by atoms with van der Waals surface area (Å²) in [5, 5.41) is 11.8. The standard InChI is InChI=1S/C14H22N2O3/c17-13(18)12-6-8-16(9-7-12)14(19)15-10-11-4-2-1-3-5-11/h4,12H,1-3,5-10H2,(H,15,19)(H,17,18). The molecule has 0 aromatic heterocycles. The molecule has 1 saturated heterocycles. The molecule has 5 heteroatoms. The van der Waals surface area contributed by atoms with Crippen molar-refractivity contribution in [2.75, 3.05) is 19.6 Å². The van der Waals surface area contributed by atoms with Crippen molar-refractivity contribution in [2.45, 2.75) is 38.5 Å². The van der Waals surface area contributed by atoms with Gasteiger partial charge in [0.15, 0.2) is 0 Å². The SMILES string of the molecule is O=C(O)C1CCN(C(=O)NCC2=CCCCC2)CC1. The number of carboxylic acid groups (broad SMARTS) is 1. The zero-order valence-electron chi connectivity index (χ0n) is 11.2. The third-order valence-electron chi connectivity index (χ3n) is 3.98. The van der Waals surface area contributed by atoms with E-state index in [-0.39, 0.29) is 11.9 Å². The van der Waals surface area contributed by atoms with E-state index < -0.39 is 5.97 Å². The molecule has 0 aromatic rings. The van der Waals surface area contributed by atoms with Gasteiger partial charge < -0.3 is 15.3 Å². The summed E-state index contributed by atoms with van der Waals surface area (Å²) >= 11 is 0. The summed E-state index contributed by atoms with van der Waals surface area (Å²) in [5.74, 6) is -1.03. The Morgan fingerprint density at radius 1 is 1.32 bits per heavy atom. The number of nitrogens with one attached hydrogen (secondary N) is 1. The highest BCUT2D eigenvalue weighted by molar-refractivity contribution is 5.75. The van der Waals surface area contributed by atoms with Gasteiger partial charge in [-0.3, -0.25) is 4.79 Å². The Labute approximate surface area is 113 Å². The van der Waals surface area contributed by atoms with Crippen molar-refractivity contribution in [1.82, 2.24) is 10.2 Å². The summed E-state index contributed by atoms with van der Waals surface area (Å²) in [4.78, 5) is 24.5. The molecule has 106 valence electrons. The van der Waals surface area contributed by atoms with Crippen LogP contribution < -0.4 is 5.32 Å². The molecule has 0 atom stereocenters. The van der Waals surface area contributed by atoms with E-state index in [1.807, 2.05) is 0 Å². The summed E-state index contributed by atoms with van der Waals surface area (Å²) in [7, 11) is 0. The maximum Gasteiger partial charge on any atom is 0.317 e. The van der Waals surface area contributed by atoms with E-state index in [9.17, 15) is 9.59 Å². The predicted molar refractivity (Wildman–Crippen MR) is 71.9 cm³/mol. The van der Waals surface area contributed by atoms with E-state index in [1.54, 1.807) is 4.90 Å². The second-order valence-corrected chi connectivity index (χ2v) is 5.37. The van der Waals surface area contributed by atoms with Gasteiger partial charge in [-0.2, -0.15) is 0 Å². The lowest BCUT2D eigenvalue weighted by atomic mass is 9.97. The number of hydrogen-bond donors (Lipinski definition) is 2. The van der Waals surface area contributed by atoms with Crippen LogP contribution in [0.4, 0.5) is 4.79 Å². The molecule has 0 spiro atoms. The lowest BCUT2D eigenvalue weighted by Crippen LogP contribution is -2.45. The second kappa shape index (κ2) is 6.59. The van der Waals surface area contributed by atoms with Crippen LogP contribution in [0.25, 0.3) is 0 Å². The third kappa shape index (κ3) is 3.98. The summed E-state index contributed by atoms with van der Waals surface area (Å²) in [6.07, 6.45) is 8.01. The number of carbonyl (C=O) groups excluding carboxylic acids is 1. The van der Waals surface area contributed by atoms with E-state index in [1.165, 1.54) is 18.4 Å². The first kappa shape index (κ1) is 13.9. The lowest BCUT2D eigenvalue weighted by Gasteiger charge is -2.30. The average Bonchev–Trinajstić information content (AvgIpc) is 2.46. The van der Waals surface area contributed by atoms with Crippen LogP contribution in [0.1, 0.15) is 38.5 Å². The number of hydrogen-bond acceptors (Lipinski definition) is 2. The summed E-state index contributed by atoms with van der Waals surface area (Å²) < 4.78 is 0. The molecule has 1 heterocycles. The number of nitrogens with zero attached hydrogens (tertiary/aromatic N) is 1. The van der Waals surface area contributed by atoms with Gasteiger partial charge in [0.25, 0.3) is 0 Å². The van der Waals surface area contributed by atoms with Crippen LogP contribution in [0, 0.1) is 5.92 Å². The highest BCUT2D eigenvalue weighted by Gasteiger charge is 2.26. The topological polar surface area (TPSA) is 69.6 Å². The fourth-order valence-corrected chi connectivity index (χ4v) is 2.70. The van der Waals surface area contributed by atoms with Gasteiger partial charge in [-0.15, -0.1) is 0 Å². The van der Waals surface area contributed by atoms with Crippen molar-refractivity contribution >= 4 is 12.0 Å². The lowest BCUT2D eigenvalue weighted by molar-refractivity contribution is -0.143. The number of carboxylic acids is 1. The Hall–Kier alpha value is -1.52. The minimum Gasteiger partial charge on any atom is -0.481 e. The van der Waals surface area contributed by atoms with Crippen LogP contribution in [-0.4, -0.2) is 41.6 Å². The Balaban J connectivity index is 1.72. The van der Waals surface area contributed by atoms with Crippen molar-refractivity contribution in [1.29, 1.82) is 0 Å². The normalized spacial score (nSPS) is 20.8. The molecule has 1 aliphatic carbocycles. The van der Waals surface area contributed by atoms with Gasteiger partial charge in [-0.05, 0) is 38.5 Å². The number of amides is 2. The van der Waals surface area contributed by atoms with Crippen molar-refractivity contribution in [2.24, 2.45) is 5.92 Å². The van der Waals surface area contributed by atoms with Gasteiger partial charge in [0, 0.05) is 19.6 Å². The zero-order valence-corrected chi connectivity index (χ0v) is 11.2. The molecule has 2 aliphatic rings. The molecular weight excluding hydrogens is 244 g/mol. The Morgan fingerprint density at radius 2 is 2.05 bits per heavy atom. The number of urea groups is 1. The third-order valence-corrected chi connectivity index (χ3v) is 3.98. The monoisotopic (exact) mass is 266 g/mol. The first-order valence-corrected chi connectivity index (χ1v) is 7.10. The molecule has 2 amide bonds. The number of aliphatic carboxylic acids is 1. The zero-order chi connectivity index (χ0) is 13.7. The molecule has 2 rings (SSSR count). The van der Waals surface area contributed by atoms with Gasteiger partial charge in [-0.25, -0.2) is 4.79 Å². The highest BCUT2D eigenvalue weighted by atomic mass is 16.4. The first-order chi connectivity index (χ1) is 9.16. The van der Waals surface area contributed by atoms with Gasteiger partial charge in [0.05, 0.1) is 5.92 Å². The fourth-order valence-electron chi connectivity index (χ4n) is 2.70. The van der Waals surface area contributed by atoms with Gasteiger partial charge in [-0.1, -0.05) is 11.6 Å². The number of allylic oxidation sites excluding steroid dienone is 1. The maximum atomic E-state index is 12.0. The molecule has 1 fully saturated rings. The van der Waals surface area contributed by atoms with Crippen LogP contribution >= 0.6 is 0 Å². The van der Waals surface area contributed by atoms with Crippen molar-refractivity contribution < 1.29 is 14.7 Å². The van der Waals surface area contributed by atoms with Gasteiger partial charge in [0.2, 0.25) is 0 Å². The fraction of sp³-hybridized carbons (Fsp3) is 0.714. The van der Waals surface area contributed by atoms with Crippen LogP contribution in [0.5, 0.6) is 0 Å². The second-order valence-electron chi connectivity index (χ2n) is 5.37. The smallest absolute Gasteiger partial charge is 0.317 e. The van der Waals surface area contributed by atoms with E-state index in [0.717, 1.165) is 12.8 Å². The largest absolute Gasteiger partial charge is 0.481 e. The molecule has 0 radical (unpaired) electrons. The number of carbonyl (C=O) groups is 2. The van der Waals surface area contributed by atoms with Crippen LogP contribution in [0.15, 0.2) is 11.6 Å². The van der Waals surface area contributed by atoms with E-state index in [4.69, 9.17) is 5.11 Å². The van der Waals surface area contributed by atoms with Gasteiger partial charge in [0.1, 0.15) is 0 Å². The van der Waals surface area contributed by atoms with E-state index >= 15 is 0 Å². The minimum absolute atomic E-state index is 0.0599. The van der Waals surface area contributed by atoms with Crippen molar-refractivity contribution in [3.63, 3.8) is 0 Å². The Bertz CT molecular complexity index is 371. The summed E-state index contributed by atoms with van der Waals surface area (Å²) in [6.45, 7) is 1.72. The predicted octanol–water partition coefficient (Wildman–Crippen LogP) is 1.99.